The van der Waals surface area contributed by atoms with Crippen molar-refractivity contribution in [3.05, 3.63) is 21.4 Å². The van der Waals surface area contributed by atoms with Gasteiger partial charge in [-0.05, 0) is 63.1 Å². The Kier molecular flexibility index (Phi) is 4.65. The quantitative estimate of drug-likeness (QED) is 0.928. The highest BCUT2D eigenvalue weighted by molar-refractivity contribution is 7.14. The third-order valence-corrected chi connectivity index (χ3v) is 6.36. The van der Waals surface area contributed by atoms with Crippen LogP contribution < -0.4 is 5.73 Å². The van der Waals surface area contributed by atoms with Crippen molar-refractivity contribution in [3.8, 4) is 0 Å². The summed E-state index contributed by atoms with van der Waals surface area (Å²) in [6.45, 7) is 3.60. The number of fused-ring (bicyclic) bond motifs is 1. The molecule has 0 aromatic carbocycles. The van der Waals surface area contributed by atoms with Gasteiger partial charge in [0.25, 0.3) is 5.91 Å². The topological polar surface area (TPSA) is 46.3 Å². The van der Waals surface area contributed by atoms with Gasteiger partial charge in [-0.15, -0.1) is 11.3 Å². The van der Waals surface area contributed by atoms with Gasteiger partial charge in [-0.3, -0.25) is 4.79 Å². The summed E-state index contributed by atoms with van der Waals surface area (Å²) in [6, 6.07) is 2.50. The van der Waals surface area contributed by atoms with Crippen LogP contribution in [-0.4, -0.2) is 29.9 Å². The van der Waals surface area contributed by atoms with Crippen LogP contribution in [0.25, 0.3) is 0 Å². The minimum absolute atomic E-state index is 0.238. The maximum atomic E-state index is 12.9. The highest BCUT2D eigenvalue weighted by Crippen LogP contribution is 2.33. The summed E-state index contributed by atoms with van der Waals surface area (Å²) in [4.78, 5) is 17.4. The lowest BCUT2D eigenvalue weighted by molar-refractivity contribution is 0.0565. The van der Waals surface area contributed by atoms with E-state index in [9.17, 15) is 4.79 Å². The average Bonchev–Trinajstić information content (AvgIpc) is 3.09. The molecule has 3 rings (SSSR count). The van der Waals surface area contributed by atoms with Gasteiger partial charge in [-0.2, -0.15) is 0 Å². The lowest BCUT2D eigenvalue weighted by atomic mass is 9.83. The molecule has 116 valence electrons. The smallest absolute Gasteiger partial charge is 0.264 e. The SMILES string of the molecule is CCN(C(=O)c1cc2c(s1)CCC2)C1CCCCC1CN. The molecular formula is C17H26N2OS. The van der Waals surface area contributed by atoms with Gasteiger partial charge in [0, 0.05) is 17.5 Å². The molecular weight excluding hydrogens is 280 g/mol. The van der Waals surface area contributed by atoms with Gasteiger partial charge in [-0.1, -0.05) is 12.8 Å². The molecule has 0 aliphatic heterocycles. The van der Waals surface area contributed by atoms with E-state index in [1.165, 1.54) is 36.1 Å². The molecule has 1 fully saturated rings. The van der Waals surface area contributed by atoms with Crippen LogP contribution in [0.15, 0.2) is 6.07 Å². The van der Waals surface area contributed by atoms with E-state index in [-0.39, 0.29) is 5.91 Å². The monoisotopic (exact) mass is 306 g/mol. The van der Waals surface area contributed by atoms with Crippen LogP contribution in [0.4, 0.5) is 0 Å². The summed E-state index contributed by atoms with van der Waals surface area (Å²) >= 11 is 1.72. The first-order chi connectivity index (χ1) is 10.2. The summed E-state index contributed by atoms with van der Waals surface area (Å²) in [6.07, 6.45) is 8.35. The Morgan fingerprint density at radius 2 is 2.14 bits per heavy atom. The highest BCUT2D eigenvalue weighted by atomic mass is 32.1. The summed E-state index contributed by atoms with van der Waals surface area (Å²) in [5, 5.41) is 0. The first-order valence-corrected chi connectivity index (χ1v) is 9.18. The Labute approximate surface area is 131 Å². The average molecular weight is 306 g/mol. The Hall–Kier alpha value is -0.870. The third kappa shape index (κ3) is 2.88. The molecule has 1 aromatic rings. The zero-order chi connectivity index (χ0) is 14.8. The van der Waals surface area contributed by atoms with Gasteiger partial charge in [0.15, 0.2) is 0 Å². The van der Waals surface area contributed by atoms with Crippen LogP contribution in [0.5, 0.6) is 0 Å². The van der Waals surface area contributed by atoms with Crippen molar-refractivity contribution in [1.29, 1.82) is 0 Å². The van der Waals surface area contributed by atoms with E-state index in [1.807, 2.05) is 0 Å². The standard InChI is InChI=1S/C17H26N2OS/c1-2-19(14-8-4-3-6-13(14)11-18)17(20)16-10-12-7-5-9-15(12)21-16/h10,13-14H,2-9,11,18H2,1H3. The number of carbonyl (C=O) groups excluding carboxylic acids is 1. The van der Waals surface area contributed by atoms with E-state index in [4.69, 9.17) is 5.73 Å². The van der Waals surface area contributed by atoms with E-state index < -0.39 is 0 Å². The van der Waals surface area contributed by atoms with Gasteiger partial charge in [0.2, 0.25) is 0 Å². The third-order valence-electron chi connectivity index (χ3n) is 5.13. The normalized spacial score (nSPS) is 24.9. The van der Waals surface area contributed by atoms with Crippen molar-refractivity contribution in [2.24, 2.45) is 11.7 Å². The number of rotatable bonds is 4. The van der Waals surface area contributed by atoms with Crippen LogP contribution in [-0.2, 0) is 12.8 Å². The van der Waals surface area contributed by atoms with Gasteiger partial charge < -0.3 is 10.6 Å². The van der Waals surface area contributed by atoms with E-state index in [0.717, 1.165) is 30.7 Å². The molecule has 2 N–H and O–H groups in total. The first kappa shape index (κ1) is 15.0. The Bertz CT molecular complexity index is 489. The molecule has 2 aliphatic rings. The van der Waals surface area contributed by atoms with Crippen molar-refractivity contribution < 1.29 is 4.79 Å². The van der Waals surface area contributed by atoms with Gasteiger partial charge >= 0.3 is 0 Å². The van der Waals surface area contributed by atoms with E-state index >= 15 is 0 Å². The predicted molar refractivity (Wildman–Crippen MR) is 87.9 cm³/mol. The van der Waals surface area contributed by atoms with Gasteiger partial charge in [-0.25, -0.2) is 0 Å². The molecule has 2 unspecified atom stereocenters. The molecule has 4 heteroatoms. The second-order valence-electron chi connectivity index (χ2n) is 6.35. The minimum atomic E-state index is 0.238. The molecule has 2 aliphatic carbocycles. The maximum Gasteiger partial charge on any atom is 0.264 e. The number of hydrogen-bond donors (Lipinski definition) is 1. The van der Waals surface area contributed by atoms with Crippen LogP contribution in [0, 0.1) is 5.92 Å². The van der Waals surface area contributed by atoms with E-state index in [2.05, 4.69) is 17.9 Å². The number of nitrogens with zero attached hydrogens (tertiary/aromatic N) is 1. The van der Waals surface area contributed by atoms with Crippen LogP contribution in [0.3, 0.4) is 0 Å². The van der Waals surface area contributed by atoms with Crippen LogP contribution >= 0.6 is 11.3 Å². The lowest BCUT2D eigenvalue weighted by Crippen LogP contribution is -2.47. The zero-order valence-electron chi connectivity index (χ0n) is 12.9. The fraction of sp³-hybridized carbons (Fsp3) is 0.706. The molecule has 1 aromatic heterocycles. The molecule has 0 spiro atoms. The fourth-order valence-electron chi connectivity index (χ4n) is 3.98. The summed E-state index contributed by atoms with van der Waals surface area (Å²) in [7, 11) is 0. The number of aryl methyl sites for hydroxylation is 2. The summed E-state index contributed by atoms with van der Waals surface area (Å²) in [5.74, 6) is 0.719. The Morgan fingerprint density at radius 3 is 2.86 bits per heavy atom. The number of amides is 1. The second kappa shape index (κ2) is 6.49. The maximum absolute atomic E-state index is 12.9. The van der Waals surface area contributed by atoms with Crippen molar-refractivity contribution in [3.63, 3.8) is 0 Å². The van der Waals surface area contributed by atoms with Gasteiger partial charge in [0.05, 0.1) is 4.88 Å². The van der Waals surface area contributed by atoms with E-state index in [0.29, 0.717) is 18.5 Å². The molecule has 0 radical (unpaired) electrons. The second-order valence-corrected chi connectivity index (χ2v) is 7.49. The van der Waals surface area contributed by atoms with Crippen LogP contribution in [0.2, 0.25) is 0 Å². The fourth-order valence-corrected chi connectivity index (χ4v) is 5.19. The molecule has 1 saturated carbocycles. The molecule has 1 heterocycles. The number of thiophene rings is 1. The van der Waals surface area contributed by atoms with Crippen molar-refractivity contribution in [1.82, 2.24) is 4.90 Å². The van der Waals surface area contributed by atoms with Crippen molar-refractivity contribution >= 4 is 17.2 Å². The predicted octanol–water partition coefficient (Wildman–Crippen LogP) is 3.22. The Balaban J connectivity index is 1.79. The first-order valence-electron chi connectivity index (χ1n) is 8.37. The Morgan fingerprint density at radius 1 is 1.33 bits per heavy atom. The molecule has 21 heavy (non-hydrogen) atoms. The van der Waals surface area contributed by atoms with Crippen molar-refractivity contribution in [2.45, 2.75) is 57.9 Å². The zero-order valence-corrected chi connectivity index (χ0v) is 13.8. The summed E-state index contributed by atoms with van der Waals surface area (Å²) < 4.78 is 0. The summed E-state index contributed by atoms with van der Waals surface area (Å²) in [5.41, 5.74) is 7.36. The van der Waals surface area contributed by atoms with Crippen molar-refractivity contribution in [2.75, 3.05) is 13.1 Å². The number of nitrogens with two attached hydrogens (primary N) is 1. The highest BCUT2D eigenvalue weighted by Gasteiger charge is 2.32. The van der Waals surface area contributed by atoms with Gasteiger partial charge in [0.1, 0.15) is 0 Å². The minimum Gasteiger partial charge on any atom is -0.335 e. The molecule has 1 amide bonds. The largest absolute Gasteiger partial charge is 0.335 e. The molecule has 2 atom stereocenters. The molecule has 3 nitrogen and oxygen atoms in total. The number of carbonyl (C=O) groups is 1. The number of hydrogen-bond acceptors (Lipinski definition) is 3. The van der Waals surface area contributed by atoms with E-state index in [1.54, 1.807) is 11.3 Å². The van der Waals surface area contributed by atoms with Crippen LogP contribution in [0.1, 0.15) is 59.1 Å². The lowest BCUT2D eigenvalue weighted by Gasteiger charge is -2.39. The molecule has 0 bridgehead atoms. The molecule has 0 saturated heterocycles.